The molecular weight excluding hydrogens is 261 g/mol. The van der Waals surface area contributed by atoms with Gasteiger partial charge in [0.1, 0.15) is 0 Å². The van der Waals surface area contributed by atoms with Crippen LogP contribution in [0.1, 0.15) is 20.3 Å². The quantitative estimate of drug-likeness (QED) is 0.708. The van der Waals surface area contributed by atoms with Crippen molar-refractivity contribution in [1.29, 1.82) is 0 Å². The normalized spacial score (nSPS) is 12.1. The van der Waals surface area contributed by atoms with Crippen molar-refractivity contribution in [2.45, 2.75) is 32.4 Å². The Morgan fingerprint density at radius 1 is 1.45 bits per heavy atom. The number of hydrogen-bond donors (Lipinski definition) is 3. The predicted octanol–water partition coefficient (Wildman–Crippen LogP) is 1.49. The molecule has 0 saturated heterocycles. The summed E-state index contributed by atoms with van der Waals surface area (Å²) in [4.78, 5) is 11.7. The molecule has 0 saturated carbocycles. The van der Waals surface area contributed by atoms with E-state index in [1.807, 2.05) is 13.8 Å². The van der Waals surface area contributed by atoms with Crippen LogP contribution in [0.3, 0.4) is 0 Å². The van der Waals surface area contributed by atoms with E-state index in [9.17, 15) is 9.18 Å². The van der Waals surface area contributed by atoms with Crippen LogP contribution in [-0.2, 0) is 4.79 Å². The van der Waals surface area contributed by atoms with Crippen molar-refractivity contribution in [2.75, 3.05) is 19.0 Å². The molecular formula is C14H22FN3O2. The average molecular weight is 283 g/mol. The van der Waals surface area contributed by atoms with E-state index < -0.39 is 5.82 Å². The second-order valence-corrected chi connectivity index (χ2v) is 4.85. The Morgan fingerprint density at radius 3 is 2.70 bits per heavy atom. The van der Waals surface area contributed by atoms with Gasteiger partial charge in [-0.2, -0.15) is 0 Å². The molecule has 6 heteroatoms. The maximum Gasteiger partial charge on any atom is 0.222 e. The van der Waals surface area contributed by atoms with Crippen LogP contribution in [-0.4, -0.2) is 31.6 Å². The second-order valence-electron chi connectivity index (χ2n) is 4.85. The van der Waals surface area contributed by atoms with E-state index in [2.05, 4.69) is 10.6 Å². The Bertz CT molecular complexity index is 452. The molecule has 0 spiro atoms. The third-order valence-electron chi connectivity index (χ3n) is 2.69. The van der Waals surface area contributed by atoms with Gasteiger partial charge >= 0.3 is 0 Å². The van der Waals surface area contributed by atoms with Crippen LogP contribution in [0.25, 0.3) is 0 Å². The zero-order valence-corrected chi connectivity index (χ0v) is 12.1. The number of rotatable bonds is 7. The molecule has 1 unspecified atom stereocenters. The summed E-state index contributed by atoms with van der Waals surface area (Å²) < 4.78 is 18.2. The lowest BCUT2D eigenvalue weighted by Gasteiger charge is -2.19. The number of hydrogen-bond acceptors (Lipinski definition) is 4. The fourth-order valence-electron chi connectivity index (χ4n) is 1.78. The van der Waals surface area contributed by atoms with E-state index >= 15 is 0 Å². The fraction of sp³-hybridized carbons (Fsp3) is 0.500. The first-order chi connectivity index (χ1) is 9.46. The first kappa shape index (κ1) is 16.2. The Kier molecular flexibility index (Phi) is 6.24. The number of nitrogens with two attached hydrogens (primary N) is 1. The summed E-state index contributed by atoms with van der Waals surface area (Å²) in [5.74, 6) is -0.352. The van der Waals surface area contributed by atoms with Crippen LogP contribution >= 0.6 is 0 Å². The van der Waals surface area contributed by atoms with Gasteiger partial charge in [0, 0.05) is 36.8 Å². The maximum atomic E-state index is 13.3. The van der Waals surface area contributed by atoms with E-state index in [1.54, 1.807) is 12.1 Å². The molecule has 4 N–H and O–H groups in total. The summed E-state index contributed by atoms with van der Waals surface area (Å²) in [6.07, 6.45) is 0.258. The van der Waals surface area contributed by atoms with E-state index in [0.717, 1.165) is 0 Å². The van der Waals surface area contributed by atoms with Gasteiger partial charge in [0.15, 0.2) is 11.6 Å². The van der Waals surface area contributed by atoms with Gasteiger partial charge < -0.3 is 21.1 Å². The summed E-state index contributed by atoms with van der Waals surface area (Å²) >= 11 is 0. The van der Waals surface area contributed by atoms with Crippen molar-refractivity contribution >= 4 is 11.6 Å². The number of amides is 1. The Labute approximate surface area is 118 Å². The van der Waals surface area contributed by atoms with E-state index in [1.165, 1.54) is 13.2 Å². The van der Waals surface area contributed by atoms with E-state index in [4.69, 9.17) is 10.5 Å². The molecule has 0 aliphatic heterocycles. The minimum atomic E-state index is -0.431. The van der Waals surface area contributed by atoms with Crippen molar-refractivity contribution in [3.8, 4) is 5.75 Å². The molecule has 1 rings (SSSR count). The van der Waals surface area contributed by atoms with E-state index in [0.29, 0.717) is 12.2 Å². The summed E-state index contributed by atoms with van der Waals surface area (Å²) in [5.41, 5.74) is 6.32. The molecule has 5 nitrogen and oxygen atoms in total. The molecule has 0 bridgehead atoms. The highest BCUT2D eigenvalue weighted by Gasteiger charge is 2.14. The minimum absolute atomic E-state index is 0.0722. The SMILES string of the molecule is COc1cc(NC(CN)CC(=O)NC(C)C)ccc1F. The molecule has 1 amide bonds. The number of anilines is 1. The number of halogens is 1. The van der Waals surface area contributed by atoms with E-state index in [-0.39, 0.29) is 30.2 Å². The van der Waals surface area contributed by atoms with Crippen molar-refractivity contribution < 1.29 is 13.9 Å². The fourth-order valence-corrected chi connectivity index (χ4v) is 1.78. The first-order valence-corrected chi connectivity index (χ1v) is 6.55. The van der Waals surface area contributed by atoms with Crippen LogP contribution in [0.4, 0.5) is 10.1 Å². The van der Waals surface area contributed by atoms with Gasteiger partial charge in [-0.1, -0.05) is 0 Å². The van der Waals surface area contributed by atoms with Gasteiger partial charge in [-0.15, -0.1) is 0 Å². The lowest BCUT2D eigenvalue weighted by atomic mass is 10.1. The minimum Gasteiger partial charge on any atom is -0.494 e. The van der Waals surface area contributed by atoms with Gasteiger partial charge in [-0.05, 0) is 26.0 Å². The number of ether oxygens (including phenoxy) is 1. The molecule has 20 heavy (non-hydrogen) atoms. The monoisotopic (exact) mass is 283 g/mol. The Hall–Kier alpha value is -1.82. The Balaban J connectivity index is 2.66. The summed E-state index contributed by atoms with van der Waals surface area (Å²) in [7, 11) is 1.40. The van der Waals surface area contributed by atoms with Crippen molar-refractivity contribution in [1.82, 2.24) is 5.32 Å². The van der Waals surface area contributed by atoms with Gasteiger partial charge in [-0.25, -0.2) is 4.39 Å². The van der Waals surface area contributed by atoms with Crippen LogP contribution in [0.15, 0.2) is 18.2 Å². The number of methoxy groups -OCH3 is 1. The lowest BCUT2D eigenvalue weighted by molar-refractivity contribution is -0.121. The first-order valence-electron chi connectivity index (χ1n) is 6.55. The summed E-state index contributed by atoms with van der Waals surface area (Å²) in [6, 6.07) is 4.30. The molecule has 0 radical (unpaired) electrons. The number of benzene rings is 1. The molecule has 1 aromatic carbocycles. The van der Waals surface area contributed by atoms with Crippen LogP contribution in [0, 0.1) is 5.82 Å². The number of carbonyl (C=O) groups excluding carboxylic acids is 1. The van der Waals surface area contributed by atoms with Crippen LogP contribution < -0.4 is 21.1 Å². The standard InChI is InChI=1S/C14H22FN3O2/c1-9(2)17-14(19)7-11(8-16)18-10-4-5-12(15)13(6-10)20-3/h4-6,9,11,18H,7-8,16H2,1-3H3,(H,17,19). The Morgan fingerprint density at radius 2 is 2.15 bits per heavy atom. The number of nitrogens with one attached hydrogen (secondary N) is 2. The molecule has 0 fully saturated rings. The zero-order chi connectivity index (χ0) is 15.1. The summed E-state index contributed by atoms with van der Waals surface area (Å²) in [5, 5.41) is 5.91. The van der Waals surface area contributed by atoms with Crippen molar-refractivity contribution in [3.05, 3.63) is 24.0 Å². The van der Waals surface area contributed by atoms with Crippen LogP contribution in [0.2, 0.25) is 0 Å². The smallest absolute Gasteiger partial charge is 0.222 e. The molecule has 0 aromatic heterocycles. The molecule has 0 aliphatic carbocycles. The lowest BCUT2D eigenvalue weighted by Crippen LogP contribution is -2.38. The van der Waals surface area contributed by atoms with Crippen molar-refractivity contribution in [3.63, 3.8) is 0 Å². The second kappa shape index (κ2) is 7.69. The molecule has 112 valence electrons. The van der Waals surface area contributed by atoms with Gasteiger partial charge in [0.05, 0.1) is 7.11 Å². The highest BCUT2D eigenvalue weighted by atomic mass is 19.1. The van der Waals surface area contributed by atoms with Gasteiger partial charge in [0.2, 0.25) is 5.91 Å². The third kappa shape index (κ3) is 5.05. The highest BCUT2D eigenvalue weighted by Crippen LogP contribution is 2.22. The van der Waals surface area contributed by atoms with Gasteiger partial charge in [0.25, 0.3) is 0 Å². The molecule has 1 aromatic rings. The number of carbonyl (C=O) groups is 1. The predicted molar refractivity (Wildman–Crippen MR) is 77.3 cm³/mol. The average Bonchev–Trinajstić information content (AvgIpc) is 2.39. The molecule has 0 heterocycles. The topological polar surface area (TPSA) is 76.4 Å². The maximum absolute atomic E-state index is 13.3. The third-order valence-corrected chi connectivity index (χ3v) is 2.69. The van der Waals surface area contributed by atoms with Gasteiger partial charge in [-0.3, -0.25) is 4.79 Å². The summed E-state index contributed by atoms with van der Waals surface area (Å²) in [6.45, 7) is 4.09. The van der Waals surface area contributed by atoms with Crippen molar-refractivity contribution in [2.24, 2.45) is 5.73 Å². The molecule has 1 atom stereocenters. The highest BCUT2D eigenvalue weighted by molar-refractivity contribution is 5.77. The molecule has 0 aliphatic rings. The zero-order valence-electron chi connectivity index (χ0n) is 12.1. The largest absolute Gasteiger partial charge is 0.494 e. The van der Waals surface area contributed by atoms with Crippen LogP contribution in [0.5, 0.6) is 5.75 Å².